The lowest BCUT2D eigenvalue weighted by atomic mass is 10.1. The molecule has 0 bridgehead atoms. The van der Waals surface area contributed by atoms with E-state index in [9.17, 15) is 17.6 Å². The van der Waals surface area contributed by atoms with Crippen LogP contribution in [0.4, 0.5) is 10.1 Å². The van der Waals surface area contributed by atoms with Gasteiger partial charge in [-0.2, -0.15) is 5.10 Å². The number of aryl methyl sites for hydroxylation is 2. The van der Waals surface area contributed by atoms with Gasteiger partial charge in [0.2, 0.25) is 0 Å². The molecule has 4 aromatic carbocycles. The summed E-state index contributed by atoms with van der Waals surface area (Å²) < 4.78 is 44.7. The van der Waals surface area contributed by atoms with Gasteiger partial charge in [0.1, 0.15) is 5.82 Å². The Morgan fingerprint density at radius 2 is 1.59 bits per heavy atom. The number of rotatable bonds is 9. The number of halogens is 2. The van der Waals surface area contributed by atoms with Gasteiger partial charge in [0.25, 0.3) is 15.9 Å². The molecule has 0 fully saturated rings. The van der Waals surface area contributed by atoms with Gasteiger partial charge in [-0.25, -0.2) is 18.2 Å². The number of carbonyl (C=O) groups excluding carboxylic acids is 1. The van der Waals surface area contributed by atoms with Crippen molar-refractivity contribution in [2.75, 3.05) is 4.31 Å². The number of nitrogens with one attached hydrogen (secondary N) is 1. The van der Waals surface area contributed by atoms with E-state index in [0.717, 1.165) is 28.2 Å². The van der Waals surface area contributed by atoms with Crippen molar-refractivity contribution in [3.8, 4) is 5.69 Å². The van der Waals surface area contributed by atoms with Gasteiger partial charge in [-0.1, -0.05) is 53.6 Å². The molecule has 0 radical (unpaired) electrons. The number of carbonyl (C=O) groups is 1. The minimum atomic E-state index is -4.08. The number of amides is 1. The fourth-order valence-electron chi connectivity index (χ4n) is 4.90. The van der Waals surface area contributed by atoms with E-state index in [4.69, 9.17) is 11.6 Å². The first kappa shape index (κ1) is 30.7. The number of anilines is 1. The lowest BCUT2D eigenvalue weighted by Crippen LogP contribution is -2.33. The summed E-state index contributed by atoms with van der Waals surface area (Å²) in [5.74, 6) is -0.899. The van der Waals surface area contributed by atoms with Crippen molar-refractivity contribution in [1.82, 2.24) is 9.99 Å². The van der Waals surface area contributed by atoms with Crippen LogP contribution in [0.3, 0.4) is 0 Å². The van der Waals surface area contributed by atoms with Gasteiger partial charge in [0.15, 0.2) is 0 Å². The van der Waals surface area contributed by atoms with Gasteiger partial charge in [-0.15, -0.1) is 0 Å². The van der Waals surface area contributed by atoms with E-state index in [1.165, 1.54) is 22.7 Å². The molecular formula is C34H30ClFN4O3S. The van der Waals surface area contributed by atoms with E-state index in [1.807, 2.05) is 31.4 Å². The SMILES string of the molecule is Cc1ccc(S(=O)(=O)N(Cc2ccc(Cl)cc2)c2ccccc2C(=O)N/N=C\c2cc(C)n(-c3ccc(F)cc3)c2C)cc1. The molecule has 0 spiro atoms. The van der Waals surface area contributed by atoms with E-state index >= 15 is 0 Å². The molecule has 1 amide bonds. The number of hydrazone groups is 1. The second-order valence-electron chi connectivity index (χ2n) is 10.3. The minimum absolute atomic E-state index is 0.0314. The second-order valence-corrected chi connectivity index (χ2v) is 12.6. The Morgan fingerprint density at radius 1 is 0.932 bits per heavy atom. The zero-order valence-corrected chi connectivity index (χ0v) is 25.9. The topological polar surface area (TPSA) is 83.8 Å². The highest BCUT2D eigenvalue weighted by atomic mass is 35.5. The summed E-state index contributed by atoms with van der Waals surface area (Å²) in [6.45, 7) is 5.67. The van der Waals surface area contributed by atoms with Crippen LogP contribution in [0.1, 0.15) is 38.4 Å². The zero-order chi connectivity index (χ0) is 31.4. The molecule has 1 heterocycles. The summed E-state index contributed by atoms with van der Waals surface area (Å²) in [7, 11) is -4.08. The van der Waals surface area contributed by atoms with Crippen LogP contribution in [-0.2, 0) is 16.6 Å². The predicted molar refractivity (Wildman–Crippen MR) is 173 cm³/mol. The number of nitrogens with zero attached hydrogens (tertiary/aromatic N) is 3. The van der Waals surface area contributed by atoms with Crippen LogP contribution in [0.5, 0.6) is 0 Å². The summed E-state index contributed by atoms with van der Waals surface area (Å²) in [4.78, 5) is 13.6. The molecule has 44 heavy (non-hydrogen) atoms. The van der Waals surface area contributed by atoms with Crippen molar-refractivity contribution in [3.63, 3.8) is 0 Å². The molecule has 10 heteroatoms. The molecule has 0 saturated heterocycles. The van der Waals surface area contributed by atoms with Crippen molar-refractivity contribution in [3.05, 3.63) is 148 Å². The van der Waals surface area contributed by atoms with Gasteiger partial charge in [-0.3, -0.25) is 9.10 Å². The van der Waals surface area contributed by atoms with Crippen LogP contribution in [0.15, 0.2) is 113 Å². The third kappa shape index (κ3) is 6.59. The Kier molecular flexibility index (Phi) is 8.98. The molecule has 1 N–H and O–H groups in total. The molecule has 0 aliphatic heterocycles. The molecule has 0 atom stereocenters. The van der Waals surface area contributed by atoms with Crippen molar-refractivity contribution >= 4 is 39.4 Å². The van der Waals surface area contributed by atoms with E-state index < -0.39 is 15.9 Å². The third-order valence-corrected chi connectivity index (χ3v) is 9.22. The molecule has 224 valence electrons. The number of hydrogen-bond donors (Lipinski definition) is 1. The maximum absolute atomic E-state index is 14.0. The normalized spacial score (nSPS) is 11.6. The Hall–Kier alpha value is -4.73. The third-order valence-electron chi connectivity index (χ3n) is 7.19. The van der Waals surface area contributed by atoms with Crippen LogP contribution in [0, 0.1) is 26.6 Å². The molecule has 1 aromatic heterocycles. The highest BCUT2D eigenvalue weighted by Crippen LogP contribution is 2.30. The van der Waals surface area contributed by atoms with Gasteiger partial charge in [-0.05, 0) is 93.1 Å². The Morgan fingerprint density at radius 3 is 2.27 bits per heavy atom. The minimum Gasteiger partial charge on any atom is -0.318 e. The highest BCUT2D eigenvalue weighted by Gasteiger charge is 2.28. The monoisotopic (exact) mass is 628 g/mol. The Balaban J connectivity index is 1.46. The lowest BCUT2D eigenvalue weighted by molar-refractivity contribution is 0.0955. The summed E-state index contributed by atoms with van der Waals surface area (Å²) in [6.07, 6.45) is 1.53. The highest BCUT2D eigenvalue weighted by molar-refractivity contribution is 7.92. The van der Waals surface area contributed by atoms with Crippen molar-refractivity contribution in [2.45, 2.75) is 32.2 Å². The van der Waals surface area contributed by atoms with Crippen LogP contribution in [-0.4, -0.2) is 25.1 Å². The molecule has 0 unspecified atom stereocenters. The Bertz CT molecular complexity index is 1940. The van der Waals surface area contributed by atoms with E-state index in [2.05, 4.69) is 10.5 Å². The molecular weight excluding hydrogens is 599 g/mol. The quantitative estimate of drug-likeness (QED) is 0.137. The fraction of sp³-hybridized carbons (Fsp3) is 0.118. The van der Waals surface area contributed by atoms with Crippen LogP contribution < -0.4 is 9.73 Å². The summed E-state index contributed by atoms with van der Waals surface area (Å²) in [5, 5.41) is 4.71. The second kappa shape index (κ2) is 12.9. The number of sulfonamides is 1. The van der Waals surface area contributed by atoms with E-state index in [0.29, 0.717) is 10.6 Å². The van der Waals surface area contributed by atoms with Crippen molar-refractivity contribution in [2.24, 2.45) is 5.10 Å². The lowest BCUT2D eigenvalue weighted by Gasteiger charge is -2.26. The van der Waals surface area contributed by atoms with Crippen molar-refractivity contribution in [1.29, 1.82) is 0 Å². The zero-order valence-electron chi connectivity index (χ0n) is 24.3. The molecule has 0 aliphatic rings. The summed E-state index contributed by atoms with van der Waals surface area (Å²) >= 11 is 6.07. The van der Waals surface area contributed by atoms with E-state index in [1.54, 1.807) is 84.9 Å². The van der Waals surface area contributed by atoms with Gasteiger partial charge in [0.05, 0.1) is 28.9 Å². The van der Waals surface area contributed by atoms with Gasteiger partial charge >= 0.3 is 0 Å². The van der Waals surface area contributed by atoms with Gasteiger partial charge < -0.3 is 4.57 Å². The summed E-state index contributed by atoms with van der Waals surface area (Å²) in [6, 6.07) is 28.0. The molecule has 5 aromatic rings. The summed E-state index contributed by atoms with van der Waals surface area (Å²) in [5.41, 5.74) is 7.81. The standard InChI is InChI=1S/C34H30ClFN4O3S/c1-23-8-18-31(19-9-23)44(42,43)39(22-26-10-12-28(35)13-11-26)33-7-5-4-6-32(33)34(41)38-37-21-27-20-24(2)40(25(27)3)30-16-14-29(36)15-17-30/h4-21H,22H2,1-3H3,(H,38,41)/b37-21-. The molecule has 7 nitrogen and oxygen atoms in total. The molecule has 5 rings (SSSR count). The Labute approximate surface area is 261 Å². The van der Waals surface area contributed by atoms with Crippen LogP contribution in [0.2, 0.25) is 5.02 Å². The number of benzene rings is 4. The maximum atomic E-state index is 14.0. The number of hydrogen-bond acceptors (Lipinski definition) is 4. The molecule has 0 saturated carbocycles. The average Bonchev–Trinajstić information content (AvgIpc) is 3.29. The first-order valence-corrected chi connectivity index (χ1v) is 15.6. The first-order valence-electron chi connectivity index (χ1n) is 13.8. The van der Waals surface area contributed by atoms with Crippen LogP contribution >= 0.6 is 11.6 Å². The van der Waals surface area contributed by atoms with Crippen molar-refractivity contribution < 1.29 is 17.6 Å². The molecule has 0 aliphatic carbocycles. The predicted octanol–water partition coefficient (Wildman–Crippen LogP) is 7.35. The van der Waals surface area contributed by atoms with E-state index in [-0.39, 0.29) is 28.5 Å². The van der Waals surface area contributed by atoms with Gasteiger partial charge in [0, 0.05) is 27.7 Å². The van der Waals surface area contributed by atoms with Crippen LogP contribution in [0.25, 0.3) is 5.69 Å². The average molecular weight is 629 g/mol. The smallest absolute Gasteiger partial charge is 0.273 e. The number of aromatic nitrogens is 1. The number of para-hydroxylation sites is 1. The fourth-order valence-corrected chi connectivity index (χ4v) is 6.50. The maximum Gasteiger partial charge on any atom is 0.273 e. The first-order chi connectivity index (χ1) is 21.0. The largest absolute Gasteiger partial charge is 0.318 e.